The topological polar surface area (TPSA) is 69.7 Å². The predicted molar refractivity (Wildman–Crippen MR) is 126 cm³/mol. The van der Waals surface area contributed by atoms with Gasteiger partial charge in [0.25, 0.3) is 5.91 Å². The summed E-state index contributed by atoms with van der Waals surface area (Å²) in [5, 5.41) is 2.94. The molecule has 7 heteroatoms. The van der Waals surface area contributed by atoms with Gasteiger partial charge in [0, 0.05) is 31.7 Å². The summed E-state index contributed by atoms with van der Waals surface area (Å²) < 4.78 is 27.0. The van der Waals surface area contributed by atoms with Crippen LogP contribution in [0.3, 0.4) is 0 Å². The van der Waals surface area contributed by atoms with Gasteiger partial charge in [-0.25, -0.2) is 8.42 Å². The number of amides is 1. The molecule has 0 radical (unpaired) electrons. The van der Waals surface area contributed by atoms with Crippen molar-refractivity contribution in [2.45, 2.75) is 52.6 Å². The van der Waals surface area contributed by atoms with Gasteiger partial charge in [0.05, 0.1) is 4.90 Å². The highest BCUT2D eigenvalue weighted by Gasteiger charge is 2.23. The second kappa shape index (κ2) is 11.4. The van der Waals surface area contributed by atoms with Crippen molar-refractivity contribution < 1.29 is 13.2 Å². The van der Waals surface area contributed by atoms with Crippen LogP contribution < -0.4 is 5.32 Å². The average molecular weight is 446 g/mol. The van der Waals surface area contributed by atoms with Crippen molar-refractivity contribution in [2.75, 3.05) is 26.2 Å². The van der Waals surface area contributed by atoms with E-state index < -0.39 is 10.0 Å². The van der Waals surface area contributed by atoms with E-state index in [1.807, 2.05) is 19.1 Å². The van der Waals surface area contributed by atoms with Crippen LogP contribution in [0.5, 0.6) is 0 Å². The smallest absolute Gasteiger partial charge is 0.251 e. The van der Waals surface area contributed by atoms with Gasteiger partial charge in [-0.2, -0.15) is 4.31 Å². The third kappa shape index (κ3) is 6.38. The van der Waals surface area contributed by atoms with Crippen LogP contribution in [0, 0.1) is 6.92 Å². The maximum absolute atomic E-state index is 12.9. The lowest BCUT2D eigenvalue weighted by Crippen LogP contribution is -2.31. The zero-order valence-corrected chi connectivity index (χ0v) is 20.1. The third-order valence-corrected chi connectivity index (χ3v) is 7.59. The van der Waals surface area contributed by atoms with Gasteiger partial charge in [-0.15, -0.1) is 0 Å². The summed E-state index contributed by atoms with van der Waals surface area (Å²) in [5.74, 6) is -0.275. The number of hydrogen-bond acceptors (Lipinski definition) is 4. The molecule has 0 heterocycles. The summed E-state index contributed by atoms with van der Waals surface area (Å²) in [4.78, 5) is 15.3. The highest BCUT2D eigenvalue weighted by atomic mass is 32.2. The molecule has 0 unspecified atom stereocenters. The van der Waals surface area contributed by atoms with Crippen molar-refractivity contribution in [1.29, 1.82) is 0 Å². The predicted octanol–water partition coefficient (Wildman–Crippen LogP) is 3.80. The summed E-state index contributed by atoms with van der Waals surface area (Å²) in [6.45, 7) is 13.7. The molecule has 0 aromatic heterocycles. The molecule has 0 aliphatic heterocycles. The molecule has 0 spiro atoms. The zero-order valence-electron chi connectivity index (χ0n) is 19.3. The number of carbonyl (C=O) groups excluding carboxylic acids is 1. The zero-order chi connectivity index (χ0) is 23.0. The minimum absolute atomic E-state index is 0.146. The monoisotopic (exact) mass is 445 g/mol. The lowest BCUT2D eigenvalue weighted by molar-refractivity contribution is 0.0950. The second-order valence-electron chi connectivity index (χ2n) is 7.53. The number of benzene rings is 2. The normalized spacial score (nSPS) is 11.8. The SMILES string of the molecule is CCN(CC)Cc1cccc(CNC(=O)c2cc(S(=O)(=O)N(CC)CC)ccc2C)c1. The van der Waals surface area contributed by atoms with Crippen LogP contribution in [0.25, 0.3) is 0 Å². The Kier molecular flexibility index (Phi) is 9.22. The van der Waals surface area contributed by atoms with Gasteiger partial charge < -0.3 is 5.32 Å². The highest BCUT2D eigenvalue weighted by molar-refractivity contribution is 7.89. The van der Waals surface area contributed by atoms with E-state index in [4.69, 9.17) is 0 Å². The first kappa shape index (κ1) is 25.0. The Bertz CT molecular complexity index is 981. The van der Waals surface area contributed by atoms with E-state index >= 15 is 0 Å². The molecule has 6 nitrogen and oxygen atoms in total. The minimum atomic E-state index is -3.61. The van der Waals surface area contributed by atoms with Crippen LogP contribution >= 0.6 is 0 Å². The quantitative estimate of drug-likeness (QED) is 0.571. The molecule has 31 heavy (non-hydrogen) atoms. The van der Waals surface area contributed by atoms with Gasteiger partial charge in [-0.05, 0) is 48.8 Å². The molecular formula is C24H35N3O3S. The number of aryl methyl sites for hydroxylation is 1. The number of nitrogens with one attached hydrogen (secondary N) is 1. The Balaban J connectivity index is 2.16. The molecule has 0 fully saturated rings. The maximum Gasteiger partial charge on any atom is 0.251 e. The van der Waals surface area contributed by atoms with Crippen LogP contribution in [0.4, 0.5) is 0 Å². The molecule has 0 saturated heterocycles. The van der Waals surface area contributed by atoms with Crippen LogP contribution in [0.15, 0.2) is 47.4 Å². The van der Waals surface area contributed by atoms with Crippen molar-refractivity contribution in [3.8, 4) is 0 Å². The number of nitrogens with zero attached hydrogens (tertiary/aromatic N) is 2. The van der Waals surface area contributed by atoms with Gasteiger partial charge in [-0.1, -0.05) is 58.0 Å². The van der Waals surface area contributed by atoms with Gasteiger partial charge in [0.2, 0.25) is 10.0 Å². The average Bonchev–Trinajstić information content (AvgIpc) is 2.77. The third-order valence-electron chi connectivity index (χ3n) is 5.54. The van der Waals surface area contributed by atoms with Crippen molar-refractivity contribution >= 4 is 15.9 Å². The van der Waals surface area contributed by atoms with Gasteiger partial charge in [-0.3, -0.25) is 9.69 Å². The van der Waals surface area contributed by atoms with E-state index in [0.717, 1.165) is 30.8 Å². The fourth-order valence-corrected chi connectivity index (χ4v) is 5.02. The molecule has 2 aromatic carbocycles. The van der Waals surface area contributed by atoms with Crippen LogP contribution in [-0.2, 0) is 23.1 Å². The maximum atomic E-state index is 12.9. The Morgan fingerprint density at radius 2 is 1.55 bits per heavy atom. The van der Waals surface area contributed by atoms with Gasteiger partial charge in [0.15, 0.2) is 0 Å². The molecule has 0 bridgehead atoms. The first-order valence-electron chi connectivity index (χ1n) is 11.0. The highest BCUT2D eigenvalue weighted by Crippen LogP contribution is 2.20. The van der Waals surface area contributed by atoms with E-state index in [9.17, 15) is 13.2 Å². The molecule has 170 valence electrons. The fourth-order valence-electron chi connectivity index (χ4n) is 3.54. The second-order valence-corrected chi connectivity index (χ2v) is 9.47. The Morgan fingerprint density at radius 3 is 2.16 bits per heavy atom. The Labute approximate surface area is 187 Å². The van der Waals surface area contributed by atoms with Crippen LogP contribution in [-0.4, -0.2) is 49.7 Å². The first-order chi connectivity index (χ1) is 14.8. The van der Waals surface area contributed by atoms with E-state index in [-0.39, 0.29) is 10.8 Å². The van der Waals surface area contributed by atoms with Crippen molar-refractivity contribution in [3.63, 3.8) is 0 Å². The molecular weight excluding hydrogens is 410 g/mol. The van der Waals surface area contributed by atoms with Crippen LogP contribution in [0.2, 0.25) is 0 Å². The Hall–Kier alpha value is -2.22. The minimum Gasteiger partial charge on any atom is -0.348 e. The summed E-state index contributed by atoms with van der Waals surface area (Å²) >= 11 is 0. The first-order valence-corrected chi connectivity index (χ1v) is 12.4. The van der Waals surface area contributed by atoms with Gasteiger partial charge in [0.1, 0.15) is 0 Å². The van der Waals surface area contributed by atoms with Crippen molar-refractivity contribution in [2.24, 2.45) is 0 Å². The van der Waals surface area contributed by atoms with Gasteiger partial charge >= 0.3 is 0 Å². The largest absolute Gasteiger partial charge is 0.348 e. The number of carbonyl (C=O) groups is 1. The summed E-state index contributed by atoms with van der Waals surface area (Å²) in [5.41, 5.74) is 3.35. The molecule has 0 atom stereocenters. The lowest BCUT2D eigenvalue weighted by atomic mass is 10.1. The molecule has 0 aliphatic carbocycles. The number of rotatable bonds is 11. The molecule has 0 saturated carbocycles. The Morgan fingerprint density at radius 1 is 0.903 bits per heavy atom. The van der Waals surface area contributed by atoms with Crippen LogP contribution in [0.1, 0.15) is 54.7 Å². The molecule has 1 N–H and O–H groups in total. The fraction of sp³-hybridized carbons (Fsp3) is 0.458. The van der Waals surface area contributed by atoms with Crippen molar-refractivity contribution in [3.05, 3.63) is 64.7 Å². The molecule has 2 aromatic rings. The van der Waals surface area contributed by atoms with E-state index in [0.29, 0.717) is 25.2 Å². The summed E-state index contributed by atoms with van der Waals surface area (Å²) in [6, 6.07) is 12.9. The summed E-state index contributed by atoms with van der Waals surface area (Å²) in [6.07, 6.45) is 0. The van der Waals surface area contributed by atoms with E-state index in [2.05, 4.69) is 36.2 Å². The summed E-state index contributed by atoms with van der Waals surface area (Å²) in [7, 11) is -3.61. The number of hydrogen-bond donors (Lipinski definition) is 1. The molecule has 1 amide bonds. The standard InChI is InChI=1S/C24H35N3O3S/c1-6-26(7-2)18-21-12-10-11-20(15-21)17-25-24(28)23-16-22(14-13-19(23)5)31(29,30)27(8-3)9-4/h10-16H,6-9,17-18H2,1-5H3,(H,25,28). The molecule has 2 rings (SSSR count). The molecule has 0 aliphatic rings. The van der Waals surface area contributed by atoms with E-state index in [1.54, 1.807) is 26.0 Å². The van der Waals surface area contributed by atoms with Crippen molar-refractivity contribution in [1.82, 2.24) is 14.5 Å². The number of sulfonamides is 1. The lowest BCUT2D eigenvalue weighted by Gasteiger charge is -2.19. The van der Waals surface area contributed by atoms with E-state index in [1.165, 1.54) is 15.9 Å².